The SMILES string of the molecule is C=CC(=O)Nc1cc(-c2nc(NCc3ccc(OC)c(N4CCOCC4)c3)ncc2Nc2ccc(N3CCOCC3)cc2)ccc1F. The largest absolute Gasteiger partial charge is 0.495 e. The molecule has 1 aromatic heterocycles. The number of methoxy groups -OCH3 is 1. The molecule has 2 aliphatic rings. The number of nitrogens with zero attached hydrogens (tertiary/aromatic N) is 4. The quantitative estimate of drug-likeness (QED) is 0.183. The van der Waals surface area contributed by atoms with Crippen molar-refractivity contribution in [1.29, 1.82) is 0 Å². The molecule has 0 atom stereocenters. The molecule has 0 saturated carbocycles. The average Bonchev–Trinajstić information content (AvgIpc) is 3.13. The molecule has 3 aromatic carbocycles. The molecule has 47 heavy (non-hydrogen) atoms. The molecule has 12 heteroatoms. The summed E-state index contributed by atoms with van der Waals surface area (Å²) in [5.74, 6) is 0.108. The number of hydrogen-bond acceptors (Lipinski definition) is 10. The van der Waals surface area contributed by atoms with Crippen LogP contribution in [0.2, 0.25) is 0 Å². The number of rotatable bonds is 11. The fraction of sp³-hybridized carbons (Fsp3) is 0.286. The third kappa shape index (κ3) is 7.79. The highest BCUT2D eigenvalue weighted by atomic mass is 19.1. The molecule has 0 unspecified atom stereocenters. The number of amides is 1. The Kier molecular flexibility index (Phi) is 10.1. The number of carbonyl (C=O) groups is 1. The van der Waals surface area contributed by atoms with Crippen LogP contribution in [0.3, 0.4) is 0 Å². The van der Waals surface area contributed by atoms with Crippen molar-refractivity contribution in [2.24, 2.45) is 0 Å². The third-order valence-corrected chi connectivity index (χ3v) is 8.04. The predicted octanol–water partition coefficient (Wildman–Crippen LogP) is 5.44. The van der Waals surface area contributed by atoms with Crippen molar-refractivity contribution in [2.45, 2.75) is 6.54 Å². The van der Waals surface area contributed by atoms with Gasteiger partial charge in [0.1, 0.15) is 11.6 Å². The van der Waals surface area contributed by atoms with Crippen LogP contribution < -0.4 is 30.5 Å². The van der Waals surface area contributed by atoms with E-state index < -0.39 is 11.7 Å². The van der Waals surface area contributed by atoms with E-state index in [2.05, 4.69) is 55.5 Å². The molecule has 4 aromatic rings. The topological polar surface area (TPSA) is 113 Å². The molecule has 3 N–H and O–H groups in total. The molecule has 0 bridgehead atoms. The van der Waals surface area contributed by atoms with Crippen molar-refractivity contribution in [3.05, 3.63) is 90.9 Å². The van der Waals surface area contributed by atoms with Crippen LogP contribution in [-0.2, 0) is 20.8 Å². The Morgan fingerprint density at radius 1 is 0.957 bits per heavy atom. The monoisotopic (exact) mass is 639 g/mol. The highest BCUT2D eigenvalue weighted by Gasteiger charge is 2.18. The van der Waals surface area contributed by atoms with Gasteiger partial charge < -0.3 is 40.0 Å². The molecule has 1 amide bonds. The average molecular weight is 640 g/mol. The summed E-state index contributed by atoms with van der Waals surface area (Å²) in [7, 11) is 1.67. The van der Waals surface area contributed by atoms with Crippen molar-refractivity contribution in [3.63, 3.8) is 0 Å². The molecule has 0 aliphatic carbocycles. The van der Waals surface area contributed by atoms with Crippen LogP contribution >= 0.6 is 0 Å². The first-order valence-electron chi connectivity index (χ1n) is 15.5. The number of carbonyl (C=O) groups excluding carboxylic acids is 1. The smallest absolute Gasteiger partial charge is 0.247 e. The lowest BCUT2D eigenvalue weighted by molar-refractivity contribution is -0.111. The number of halogens is 1. The first-order valence-corrected chi connectivity index (χ1v) is 15.5. The Balaban J connectivity index is 1.27. The zero-order valence-electron chi connectivity index (χ0n) is 26.3. The van der Waals surface area contributed by atoms with Gasteiger partial charge in [-0.2, -0.15) is 0 Å². The number of nitrogens with one attached hydrogen (secondary N) is 3. The number of anilines is 6. The van der Waals surface area contributed by atoms with Crippen molar-refractivity contribution in [3.8, 4) is 17.0 Å². The van der Waals surface area contributed by atoms with Crippen molar-refractivity contribution < 1.29 is 23.4 Å². The minimum absolute atomic E-state index is 0.0233. The van der Waals surface area contributed by atoms with E-state index in [1.165, 1.54) is 6.07 Å². The second-order valence-electron chi connectivity index (χ2n) is 11.1. The van der Waals surface area contributed by atoms with Gasteiger partial charge >= 0.3 is 0 Å². The fourth-order valence-electron chi connectivity index (χ4n) is 5.54. The van der Waals surface area contributed by atoms with E-state index in [-0.39, 0.29) is 5.69 Å². The van der Waals surface area contributed by atoms with Gasteiger partial charge in [0.25, 0.3) is 0 Å². The molecule has 0 radical (unpaired) electrons. The maximum absolute atomic E-state index is 14.7. The van der Waals surface area contributed by atoms with Crippen molar-refractivity contribution in [2.75, 3.05) is 85.5 Å². The molecule has 2 aliphatic heterocycles. The number of ether oxygens (including phenoxy) is 3. The molecule has 2 fully saturated rings. The molecule has 2 saturated heterocycles. The van der Waals surface area contributed by atoms with E-state index in [4.69, 9.17) is 19.2 Å². The normalized spacial score (nSPS) is 14.8. The molecule has 11 nitrogen and oxygen atoms in total. The number of morpholine rings is 2. The first kappa shape index (κ1) is 31.8. The van der Waals surface area contributed by atoms with Crippen LogP contribution in [0.15, 0.2) is 79.5 Å². The van der Waals surface area contributed by atoms with Gasteiger partial charge in [0.2, 0.25) is 11.9 Å². The summed E-state index contributed by atoms with van der Waals surface area (Å²) in [6.07, 6.45) is 2.79. The first-order chi connectivity index (χ1) is 23.0. The van der Waals surface area contributed by atoms with E-state index in [0.717, 1.165) is 60.6 Å². The minimum atomic E-state index is -0.569. The second kappa shape index (κ2) is 14.9. The Morgan fingerprint density at radius 2 is 1.68 bits per heavy atom. The summed E-state index contributed by atoms with van der Waals surface area (Å²) >= 11 is 0. The summed E-state index contributed by atoms with van der Waals surface area (Å²) in [5.41, 5.74) is 5.74. The van der Waals surface area contributed by atoms with Crippen LogP contribution in [0.5, 0.6) is 5.75 Å². The summed E-state index contributed by atoms with van der Waals surface area (Å²) < 4.78 is 31.3. The van der Waals surface area contributed by atoms with Gasteiger partial charge in [-0.3, -0.25) is 4.79 Å². The zero-order chi connectivity index (χ0) is 32.6. The van der Waals surface area contributed by atoms with Gasteiger partial charge in [0.15, 0.2) is 0 Å². The molecule has 3 heterocycles. The van der Waals surface area contributed by atoms with Crippen LogP contribution in [-0.4, -0.2) is 75.6 Å². The molecular weight excluding hydrogens is 601 g/mol. The molecule has 0 spiro atoms. The zero-order valence-corrected chi connectivity index (χ0v) is 26.3. The van der Waals surface area contributed by atoms with Crippen LogP contribution in [0.25, 0.3) is 11.3 Å². The lowest BCUT2D eigenvalue weighted by atomic mass is 10.1. The van der Waals surface area contributed by atoms with Crippen molar-refractivity contribution >= 4 is 40.3 Å². The van der Waals surface area contributed by atoms with E-state index >= 15 is 0 Å². The Labute approximate surface area is 273 Å². The Hall–Kier alpha value is -5.20. The fourth-order valence-corrected chi connectivity index (χ4v) is 5.54. The van der Waals surface area contributed by atoms with Crippen LogP contribution in [0.1, 0.15) is 5.56 Å². The summed E-state index contributed by atoms with van der Waals surface area (Å²) in [4.78, 5) is 26.0. The summed E-state index contributed by atoms with van der Waals surface area (Å²) in [6, 6.07) is 18.6. The molecule has 244 valence electrons. The van der Waals surface area contributed by atoms with Gasteiger partial charge in [-0.1, -0.05) is 12.6 Å². The maximum Gasteiger partial charge on any atom is 0.247 e. The number of aromatic nitrogens is 2. The Morgan fingerprint density at radius 3 is 2.38 bits per heavy atom. The van der Waals surface area contributed by atoms with Gasteiger partial charge in [-0.15, -0.1) is 0 Å². The van der Waals surface area contributed by atoms with Gasteiger partial charge in [0.05, 0.1) is 62.5 Å². The lowest BCUT2D eigenvalue weighted by Gasteiger charge is -2.30. The van der Waals surface area contributed by atoms with Gasteiger partial charge in [0, 0.05) is 49.7 Å². The van der Waals surface area contributed by atoms with Gasteiger partial charge in [-0.25, -0.2) is 14.4 Å². The summed E-state index contributed by atoms with van der Waals surface area (Å²) in [6.45, 7) is 9.95. The number of hydrogen-bond donors (Lipinski definition) is 3. The summed E-state index contributed by atoms with van der Waals surface area (Å²) in [5, 5.41) is 9.29. The maximum atomic E-state index is 14.7. The predicted molar refractivity (Wildman–Crippen MR) is 182 cm³/mol. The third-order valence-electron chi connectivity index (χ3n) is 8.04. The lowest BCUT2D eigenvalue weighted by Crippen LogP contribution is -2.36. The standard InChI is InChI=1S/C35H38FN7O4/c1-3-33(44)40-29-21-25(5-10-28(29)36)34-30(39-26-6-8-27(9-7-26)42-12-16-46-17-13-42)23-38-35(41-34)37-22-24-4-11-32(45-2)31(20-24)43-14-18-47-19-15-43/h3-11,20-21,23,39H,1,12-19,22H2,2H3,(H,40,44)(H,37,38,41). The van der Waals surface area contributed by atoms with E-state index in [1.807, 2.05) is 24.3 Å². The van der Waals surface area contributed by atoms with E-state index in [1.54, 1.807) is 25.4 Å². The second-order valence-corrected chi connectivity index (χ2v) is 11.1. The minimum Gasteiger partial charge on any atom is -0.495 e. The van der Waals surface area contributed by atoms with Crippen LogP contribution in [0.4, 0.5) is 38.8 Å². The van der Waals surface area contributed by atoms with Crippen LogP contribution in [0, 0.1) is 5.82 Å². The number of benzene rings is 3. The van der Waals surface area contributed by atoms with Crippen molar-refractivity contribution in [1.82, 2.24) is 9.97 Å². The van der Waals surface area contributed by atoms with Gasteiger partial charge in [-0.05, 0) is 66.2 Å². The Bertz CT molecular complexity index is 1710. The molecular formula is C35H38FN7O4. The van der Waals surface area contributed by atoms with E-state index in [0.29, 0.717) is 55.9 Å². The molecule has 6 rings (SSSR count). The highest BCUT2D eigenvalue weighted by molar-refractivity contribution is 5.99. The highest BCUT2D eigenvalue weighted by Crippen LogP contribution is 2.33. The van der Waals surface area contributed by atoms with E-state index in [9.17, 15) is 9.18 Å².